The molecule has 2 heterocycles. The summed E-state index contributed by atoms with van der Waals surface area (Å²) in [6.07, 6.45) is 1.45. The molecule has 3 rings (SSSR count). The van der Waals surface area contributed by atoms with Crippen molar-refractivity contribution in [2.45, 2.75) is 0 Å². The molecule has 136 valence electrons. The van der Waals surface area contributed by atoms with Gasteiger partial charge in [-0.2, -0.15) is 0 Å². The molecule has 1 aromatic heterocycles. The number of hydrogen-bond donors (Lipinski definition) is 0. The molecular formula is C18H17IN2O5. The van der Waals surface area contributed by atoms with Gasteiger partial charge in [-0.25, -0.2) is 4.79 Å². The fourth-order valence-electron chi connectivity index (χ4n) is 2.63. The second kappa shape index (κ2) is 8.35. The summed E-state index contributed by atoms with van der Waals surface area (Å²) in [7, 11) is 0. The lowest BCUT2D eigenvalue weighted by molar-refractivity contribution is -0.136. The highest BCUT2D eigenvalue weighted by atomic mass is 127. The molecule has 1 saturated heterocycles. The van der Waals surface area contributed by atoms with Gasteiger partial charge in [-0.15, -0.1) is 0 Å². The van der Waals surface area contributed by atoms with E-state index in [4.69, 9.17) is 9.15 Å². The summed E-state index contributed by atoms with van der Waals surface area (Å²) in [6, 6.07) is 10.3. The van der Waals surface area contributed by atoms with E-state index in [1.165, 1.54) is 6.26 Å². The van der Waals surface area contributed by atoms with Crippen molar-refractivity contribution in [3.05, 3.63) is 57.6 Å². The Hall–Kier alpha value is -2.36. The van der Waals surface area contributed by atoms with Crippen LogP contribution in [0.15, 0.2) is 47.1 Å². The van der Waals surface area contributed by atoms with Gasteiger partial charge in [0.1, 0.15) is 0 Å². The molecule has 26 heavy (non-hydrogen) atoms. The molecule has 0 N–H and O–H groups in total. The van der Waals surface area contributed by atoms with E-state index >= 15 is 0 Å². The Morgan fingerprint density at radius 3 is 2.42 bits per heavy atom. The third-order valence-electron chi connectivity index (χ3n) is 4.04. The average Bonchev–Trinajstić information content (AvgIpc) is 3.20. The van der Waals surface area contributed by atoms with E-state index in [1.807, 2.05) is 6.07 Å². The maximum Gasteiger partial charge on any atom is 0.338 e. The van der Waals surface area contributed by atoms with Crippen molar-refractivity contribution < 1.29 is 23.5 Å². The number of carbonyl (C=O) groups excluding carboxylic acids is 3. The highest BCUT2D eigenvalue weighted by Crippen LogP contribution is 2.11. The molecule has 7 nitrogen and oxygen atoms in total. The molecule has 2 aromatic rings. The smallest absolute Gasteiger partial charge is 0.338 e. The normalized spacial score (nSPS) is 14.2. The topological polar surface area (TPSA) is 80.1 Å². The lowest BCUT2D eigenvalue weighted by Gasteiger charge is -2.34. The van der Waals surface area contributed by atoms with Crippen LogP contribution in [-0.4, -0.2) is 60.4 Å². The Bertz CT molecular complexity index is 798. The molecule has 1 aliphatic rings. The van der Waals surface area contributed by atoms with Crippen LogP contribution in [0.4, 0.5) is 0 Å². The third kappa shape index (κ3) is 4.43. The minimum absolute atomic E-state index is 0.188. The zero-order chi connectivity index (χ0) is 18.5. The number of amides is 2. The standard InChI is InChI=1S/C18H17IN2O5/c19-14-4-1-3-13(11-14)18(24)26-12-16(22)20-6-8-21(9-7-20)17(23)15-5-2-10-25-15/h1-5,10-11H,6-9,12H2. The first kappa shape index (κ1) is 18.4. The molecule has 0 spiro atoms. The Balaban J connectivity index is 1.46. The van der Waals surface area contributed by atoms with E-state index in [0.717, 1.165) is 3.57 Å². The zero-order valence-electron chi connectivity index (χ0n) is 13.9. The monoisotopic (exact) mass is 468 g/mol. The summed E-state index contributed by atoms with van der Waals surface area (Å²) < 4.78 is 11.1. The predicted octanol–water partition coefficient (Wildman–Crippen LogP) is 2.03. The first-order valence-electron chi connectivity index (χ1n) is 8.08. The van der Waals surface area contributed by atoms with Gasteiger partial charge in [0.15, 0.2) is 12.4 Å². The fourth-order valence-corrected chi connectivity index (χ4v) is 3.18. The van der Waals surface area contributed by atoms with Crippen LogP contribution in [0.3, 0.4) is 0 Å². The molecule has 1 fully saturated rings. The van der Waals surface area contributed by atoms with Crippen molar-refractivity contribution in [3.63, 3.8) is 0 Å². The number of carbonyl (C=O) groups is 3. The summed E-state index contributed by atoms with van der Waals surface area (Å²) >= 11 is 2.10. The second-order valence-corrected chi connectivity index (χ2v) is 6.98. The van der Waals surface area contributed by atoms with Crippen LogP contribution in [0, 0.1) is 3.57 Å². The second-order valence-electron chi connectivity index (χ2n) is 5.74. The summed E-state index contributed by atoms with van der Waals surface area (Å²) in [5.41, 5.74) is 0.415. The van der Waals surface area contributed by atoms with E-state index in [1.54, 1.807) is 40.1 Å². The number of piperazine rings is 1. The number of ether oxygens (including phenoxy) is 1. The zero-order valence-corrected chi connectivity index (χ0v) is 16.0. The fraction of sp³-hybridized carbons (Fsp3) is 0.278. The van der Waals surface area contributed by atoms with Crippen molar-refractivity contribution in [2.24, 2.45) is 0 Å². The lowest BCUT2D eigenvalue weighted by Crippen LogP contribution is -2.51. The molecule has 0 bridgehead atoms. The van der Waals surface area contributed by atoms with E-state index in [0.29, 0.717) is 31.7 Å². The Labute approximate surface area is 164 Å². The van der Waals surface area contributed by atoms with Crippen LogP contribution in [-0.2, 0) is 9.53 Å². The minimum Gasteiger partial charge on any atom is -0.459 e. The maximum atomic E-state index is 12.2. The first-order chi connectivity index (χ1) is 12.5. The molecule has 0 aliphatic carbocycles. The van der Waals surface area contributed by atoms with Gasteiger partial charge in [0.2, 0.25) is 0 Å². The largest absolute Gasteiger partial charge is 0.459 e. The maximum absolute atomic E-state index is 12.2. The van der Waals surface area contributed by atoms with E-state index in [-0.39, 0.29) is 24.2 Å². The van der Waals surface area contributed by atoms with Crippen LogP contribution < -0.4 is 0 Å². The van der Waals surface area contributed by atoms with Gasteiger partial charge in [-0.05, 0) is 52.9 Å². The third-order valence-corrected chi connectivity index (χ3v) is 4.71. The Morgan fingerprint density at radius 2 is 1.77 bits per heavy atom. The summed E-state index contributed by atoms with van der Waals surface area (Å²) in [5.74, 6) is -0.694. The Morgan fingerprint density at radius 1 is 1.04 bits per heavy atom. The lowest BCUT2D eigenvalue weighted by atomic mass is 10.2. The predicted molar refractivity (Wildman–Crippen MR) is 101 cm³/mol. The van der Waals surface area contributed by atoms with Gasteiger partial charge >= 0.3 is 5.97 Å². The van der Waals surface area contributed by atoms with Crippen molar-refractivity contribution >= 4 is 40.4 Å². The van der Waals surface area contributed by atoms with Crippen LogP contribution >= 0.6 is 22.6 Å². The van der Waals surface area contributed by atoms with Crippen LogP contribution in [0.2, 0.25) is 0 Å². The molecule has 8 heteroatoms. The van der Waals surface area contributed by atoms with Crippen molar-refractivity contribution in [3.8, 4) is 0 Å². The molecule has 0 radical (unpaired) electrons. The molecule has 0 atom stereocenters. The molecule has 2 amide bonds. The van der Waals surface area contributed by atoms with Gasteiger partial charge in [0.05, 0.1) is 11.8 Å². The van der Waals surface area contributed by atoms with Crippen LogP contribution in [0.5, 0.6) is 0 Å². The first-order valence-corrected chi connectivity index (χ1v) is 9.16. The average molecular weight is 468 g/mol. The molecular weight excluding hydrogens is 451 g/mol. The van der Waals surface area contributed by atoms with Gasteiger partial charge in [-0.1, -0.05) is 6.07 Å². The molecule has 1 aromatic carbocycles. The quantitative estimate of drug-likeness (QED) is 0.507. The number of esters is 1. The van der Waals surface area contributed by atoms with Gasteiger partial charge < -0.3 is 19.0 Å². The van der Waals surface area contributed by atoms with Crippen molar-refractivity contribution in [2.75, 3.05) is 32.8 Å². The molecule has 1 aliphatic heterocycles. The van der Waals surface area contributed by atoms with Crippen LogP contribution in [0.1, 0.15) is 20.9 Å². The van der Waals surface area contributed by atoms with Gasteiger partial charge in [0, 0.05) is 29.7 Å². The van der Waals surface area contributed by atoms with Gasteiger partial charge in [-0.3, -0.25) is 9.59 Å². The Kier molecular flexibility index (Phi) is 5.92. The number of halogens is 1. The van der Waals surface area contributed by atoms with Crippen molar-refractivity contribution in [1.29, 1.82) is 0 Å². The molecule has 0 unspecified atom stereocenters. The van der Waals surface area contributed by atoms with E-state index < -0.39 is 5.97 Å². The highest BCUT2D eigenvalue weighted by molar-refractivity contribution is 14.1. The van der Waals surface area contributed by atoms with Crippen molar-refractivity contribution in [1.82, 2.24) is 9.80 Å². The summed E-state index contributed by atoms with van der Waals surface area (Å²) in [4.78, 5) is 39.7. The number of rotatable bonds is 4. The highest BCUT2D eigenvalue weighted by Gasteiger charge is 2.26. The SMILES string of the molecule is O=C(OCC(=O)N1CCN(C(=O)c2ccco2)CC1)c1cccc(I)c1. The van der Waals surface area contributed by atoms with E-state index in [9.17, 15) is 14.4 Å². The summed E-state index contributed by atoms with van der Waals surface area (Å²) in [5, 5.41) is 0. The van der Waals surface area contributed by atoms with Gasteiger partial charge in [0.25, 0.3) is 11.8 Å². The number of furan rings is 1. The van der Waals surface area contributed by atoms with Crippen LogP contribution in [0.25, 0.3) is 0 Å². The number of hydrogen-bond acceptors (Lipinski definition) is 5. The van der Waals surface area contributed by atoms with E-state index in [2.05, 4.69) is 22.6 Å². The number of nitrogens with zero attached hydrogens (tertiary/aromatic N) is 2. The molecule has 0 saturated carbocycles. The number of benzene rings is 1. The minimum atomic E-state index is -0.525. The summed E-state index contributed by atoms with van der Waals surface area (Å²) in [6.45, 7) is 1.31.